The lowest BCUT2D eigenvalue weighted by molar-refractivity contribution is 0.0665. The molecule has 0 aromatic heterocycles. The first kappa shape index (κ1) is 24.9. The summed E-state index contributed by atoms with van der Waals surface area (Å²) in [6, 6.07) is 15.5. The van der Waals surface area contributed by atoms with E-state index < -0.39 is 5.54 Å². The van der Waals surface area contributed by atoms with Crippen LogP contribution in [0, 0.1) is 6.92 Å². The highest BCUT2D eigenvalue weighted by Crippen LogP contribution is 2.34. The molecule has 1 aliphatic heterocycles. The molecule has 34 heavy (non-hydrogen) atoms. The number of aryl methyl sites for hydroxylation is 1. The third-order valence-corrected chi connectivity index (χ3v) is 8.25. The van der Waals surface area contributed by atoms with E-state index in [9.17, 15) is 4.79 Å². The molecule has 2 aromatic carbocycles. The number of carbonyl (C=O) groups is 1. The average molecular weight is 463 g/mol. The van der Waals surface area contributed by atoms with Gasteiger partial charge in [-0.15, -0.1) is 0 Å². The second kappa shape index (κ2) is 11.0. The van der Waals surface area contributed by atoms with Crippen molar-refractivity contribution in [3.8, 4) is 0 Å². The van der Waals surface area contributed by atoms with Crippen LogP contribution < -0.4 is 4.90 Å². The third kappa shape index (κ3) is 5.23. The van der Waals surface area contributed by atoms with Gasteiger partial charge in [0.1, 0.15) is 0 Å². The van der Waals surface area contributed by atoms with Crippen LogP contribution in [-0.4, -0.2) is 56.6 Å². The number of ketones is 1. The summed E-state index contributed by atoms with van der Waals surface area (Å²) in [6.45, 7) is 7.55. The van der Waals surface area contributed by atoms with E-state index in [-0.39, 0.29) is 5.78 Å². The van der Waals surface area contributed by atoms with E-state index in [0.29, 0.717) is 5.92 Å². The molecule has 1 atom stereocenters. The number of carbonyl (C=O) groups excluding carboxylic acids is 1. The normalized spacial score (nSPS) is 19.3. The van der Waals surface area contributed by atoms with Crippen molar-refractivity contribution in [2.75, 3.05) is 45.3 Å². The number of hydrogen-bond acceptors (Lipinski definition) is 4. The highest BCUT2D eigenvalue weighted by atomic mass is 16.5. The van der Waals surface area contributed by atoms with Gasteiger partial charge in [0.25, 0.3) is 0 Å². The number of likely N-dealkylation sites (N-methyl/N-ethyl adjacent to an activating group) is 1. The number of ether oxygens (including phenoxy) is 1. The van der Waals surface area contributed by atoms with E-state index in [1.54, 1.807) is 0 Å². The van der Waals surface area contributed by atoms with E-state index in [2.05, 4.69) is 74.1 Å². The number of nitrogens with zero attached hydrogens (tertiary/aromatic N) is 2. The van der Waals surface area contributed by atoms with Crippen molar-refractivity contribution in [3.05, 3.63) is 64.7 Å². The van der Waals surface area contributed by atoms with Crippen molar-refractivity contribution < 1.29 is 9.53 Å². The van der Waals surface area contributed by atoms with Crippen LogP contribution in [0.2, 0.25) is 0 Å². The van der Waals surface area contributed by atoms with E-state index >= 15 is 0 Å². The smallest absolute Gasteiger partial charge is 0.183 e. The largest absolute Gasteiger partial charge is 0.378 e. The van der Waals surface area contributed by atoms with Crippen LogP contribution >= 0.6 is 0 Å². The van der Waals surface area contributed by atoms with Gasteiger partial charge >= 0.3 is 0 Å². The first-order valence-electron chi connectivity index (χ1n) is 13.2. The molecule has 0 bridgehead atoms. The predicted octanol–water partition coefficient (Wildman–Crippen LogP) is 6.02. The molecule has 2 aromatic rings. The van der Waals surface area contributed by atoms with Crippen LogP contribution in [0.15, 0.2) is 42.5 Å². The number of morpholine rings is 1. The third-order valence-electron chi connectivity index (χ3n) is 8.25. The Labute approximate surface area is 206 Å². The van der Waals surface area contributed by atoms with Crippen LogP contribution in [-0.2, 0) is 11.2 Å². The van der Waals surface area contributed by atoms with Gasteiger partial charge in [0.2, 0.25) is 0 Å². The summed E-state index contributed by atoms with van der Waals surface area (Å²) in [5.74, 6) is 0.934. The quantitative estimate of drug-likeness (QED) is 0.450. The van der Waals surface area contributed by atoms with Gasteiger partial charge < -0.3 is 9.64 Å². The molecule has 0 amide bonds. The fraction of sp³-hybridized carbons (Fsp3) is 0.567. The number of benzene rings is 2. The van der Waals surface area contributed by atoms with Gasteiger partial charge in [-0.25, -0.2) is 0 Å². The molecule has 0 radical (unpaired) electrons. The molecule has 1 saturated heterocycles. The molecular weight excluding hydrogens is 420 g/mol. The summed E-state index contributed by atoms with van der Waals surface area (Å²) in [6.07, 6.45) is 8.21. The minimum atomic E-state index is -0.558. The Morgan fingerprint density at radius 2 is 1.71 bits per heavy atom. The van der Waals surface area contributed by atoms with Gasteiger partial charge in [0.05, 0.1) is 18.8 Å². The summed E-state index contributed by atoms with van der Waals surface area (Å²) in [7, 11) is 4.10. The van der Waals surface area contributed by atoms with Gasteiger partial charge in [0, 0.05) is 24.3 Å². The molecule has 2 fully saturated rings. The zero-order valence-corrected chi connectivity index (χ0v) is 21.6. The number of Topliss-reactive ketones (excluding diaryl/α,β-unsaturated/α-hetero) is 1. The van der Waals surface area contributed by atoms with E-state index in [1.165, 1.54) is 48.9 Å². The highest BCUT2D eigenvalue weighted by molar-refractivity contribution is 6.04. The van der Waals surface area contributed by atoms with Crippen LogP contribution in [0.4, 0.5) is 5.69 Å². The Morgan fingerprint density at radius 3 is 2.29 bits per heavy atom. The van der Waals surface area contributed by atoms with Crippen LogP contribution in [0.5, 0.6) is 0 Å². The lowest BCUT2D eigenvalue weighted by Gasteiger charge is -2.39. The second-order valence-electron chi connectivity index (χ2n) is 10.5. The minimum absolute atomic E-state index is 0.224. The van der Waals surface area contributed by atoms with Crippen molar-refractivity contribution in [1.82, 2.24) is 4.90 Å². The van der Waals surface area contributed by atoms with Gasteiger partial charge in [-0.2, -0.15) is 0 Å². The van der Waals surface area contributed by atoms with E-state index in [1.807, 2.05) is 6.07 Å². The lowest BCUT2D eigenvalue weighted by atomic mass is 9.78. The number of hydrogen-bond donors (Lipinski definition) is 0. The standard InChI is InChI=1S/C30H42N2O2/c1-5-30(31(3)4,22-24-11-13-26(14-12-24)25-9-7-6-8-10-25)29(33)28-16-15-27(21-23(28)2)32-17-19-34-20-18-32/h11-16,21,25H,5-10,17-20,22H2,1-4H3. The molecule has 184 valence electrons. The highest BCUT2D eigenvalue weighted by Gasteiger charge is 2.40. The minimum Gasteiger partial charge on any atom is -0.378 e. The van der Waals surface area contributed by atoms with Crippen molar-refractivity contribution in [2.24, 2.45) is 0 Å². The molecule has 4 rings (SSSR count). The topological polar surface area (TPSA) is 32.8 Å². The molecule has 4 nitrogen and oxygen atoms in total. The summed E-state index contributed by atoms with van der Waals surface area (Å²) in [5, 5.41) is 0. The Kier molecular flexibility index (Phi) is 8.10. The number of rotatable bonds is 8. The lowest BCUT2D eigenvalue weighted by Crippen LogP contribution is -2.52. The van der Waals surface area contributed by atoms with Gasteiger partial charge in [0.15, 0.2) is 5.78 Å². The fourth-order valence-electron chi connectivity index (χ4n) is 5.90. The molecule has 1 heterocycles. The molecule has 1 saturated carbocycles. The molecular formula is C30H42N2O2. The monoisotopic (exact) mass is 462 g/mol. The zero-order chi connectivity index (χ0) is 24.1. The van der Waals surface area contributed by atoms with Gasteiger partial charge in [-0.05, 0) is 87.5 Å². The van der Waals surface area contributed by atoms with Crippen molar-refractivity contribution in [3.63, 3.8) is 0 Å². The molecule has 0 spiro atoms. The fourth-order valence-corrected chi connectivity index (χ4v) is 5.90. The van der Waals surface area contributed by atoms with Crippen LogP contribution in [0.1, 0.15) is 78.4 Å². The van der Waals surface area contributed by atoms with Crippen LogP contribution in [0.3, 0.4) is 0 Å². The van der Waals surface area contributed by atoms with Gasteiger partial charge in [-0.3, -0.25) is 9.69 Å². The maximum Gasteiger partial charge on any atom is 0.183 e. The van der Waals surface area contributed by atoms with Gasteiger partial charge in [-0.1, -0.05) is 50.5 Å². The molecule has 1 aliphatic carbocycles. The van der Waals surface area contributed by atoms with Crippen molar-refractivity contribution in [1.29, 1.82) is 0 Å². The Balaban J connectivity index is 1.56. The summed E-state index contributed by atoms with van der Waals surface area (Å²) in [4.78, 5) is 18.6. The Bertz CT molecular complexity index is 956. The van der Waals surface area contributed by atoms with Crippen molar-refractivity contribution in [2.45, 2.75) is 70.3 Å². The molecule has 2 aliphatic rings. The molecule has 4 heteroatoms. The predicted molar refractivity (Wildman–Crippen MR) is 141 cm³/mol. The second-order valence-corrected chi connectivity index (χ2v) is 10.5. The summed E-state index contributed by atoms with van der Waals surface area (Å²) < 4.78 is 5.50. The van der Waals surface area contributed by atoms with E-state index in [4.69, 9.17) is 4.74 Å². The summed E-state index contributed by atoms with van der Waals surface area (Å²) >= 11 is 0. The first-order valence-corrected chi connectivity index (χ1v) is 13.2. The zero-order valence-electron chi connectivity index (χ0n) is 21.6. The average Bonchev–Trinajstić information content (AvgIpc) is 2.88. The molecule has 0 N–H and O–H groups in total. The summed E-state index contributed by atoms with van der Waals surface area (Å²) in [5.41, 5.74) is 5.23. The SMILES string of the molecule is CCC(Cc1ccc(C2CCCCC2)cc1)(C(=O)c1ccc(N2CCOCC2)cc1C)N(C)C. The molecule has 1 unspecified atom stereocenters. The van der Waals surface area contributed by atoms with E-state index in [0.717, 1.165) is 50.3 Å². The van der Waals surface area contributed by atoms with Crippen molar-refractivity contribution >= 4 is 11.5 Å². The Morgan fingerprint density at radius 1 is 1.03 bits per heavy atom. The number of anilines is 1. The maximum absolute atomic E-state index is 14.1. The Hall–Kier alpha value is -2.17. The van der Waals surface area contributed by atoms with Crippen LogP contribution in [0.25, 0.3) is 0 Å². The maximum atomic E-state index is 14.1. The first-order chi connectivity index (χ1) is 16.4.